The summed E-state index contributed by atoms with van der Waals surface area (Å²) in [5.74, 6) is 4.30. The highest BCUT2D eigenvalue weighted by Gasteiger charge is 2.32. The monoisotopic (exact) mass is 686 g/mol. The molecule has 2 N–H and O–H groups in total. The highest BCUT2D eigenvalue weighted by molar-refractivity contribution is 5.92. The summed E-state index contributed by atoms with van der Waals surface area (Å²) in [6.45, 7) is 3.11. The van der Waals surface area contributed by atoms with Gasteiger partial charge in [-0.15, -0.1) is 0 Å². The van der Waals surface area contributed by atoms with Crippen LogP contribution in [-0.2, 0) is 11.3 Å². The minimum atomic E-state index is -0.682. The van der Waals surface area contributed by atoms with E-state index >= 15 is 0 Å². The molecule has 50 heavy (non-hydrogen) atoms. The minimum absolute atomic E-state index is 0.0767. The van der Waals surface area contributed by atoms with Gasteiger partial charge in [-0.05, 0) is 74.5 Å². The molecule has 8 heteroatoms. The number of rotatable bonds is 11. The number of hydrogen-bond donors (Lipinski definition) is 2. The third kappa shape index (κ3) is 8.95. The number of carboxylic acids is 1. The van der Waals surface area contributed by atoms with Crippen molar-refractivity contribution in [2.24, 2.45) is 23.7 Å². The van der Waals surface area contributed by atoms with Gasteiger partial charge in [0, 0.05) is 30.3 Å². The van der Waals surface area contributed by atoms with Gasteiger partial charge in [0.1, 0.15) is 17.3 Å². The first kappa shape index (κ1) is 36.5. The van der Waals surface area contributed by atoms with Crippen molar-refractivity contribution in [3.63, 3.8) is 0 Å². The van der Waals surface area contributed by atoms with E-state index in [9.17, 15) is 9.90 Å². The van der Waals surface area contributed by atoms with E-state index in [0.717, 1.165) is 89.3 Å². The van der Waals surface area contributed by atoms with Crippen molar-refractivity contribution in [2.75, 3.05) is 19.5 Å². The molecule has 0 radical (unpaired) electrons. The molecule has 0 spiro atoms. The van der Waals surface area contributed by atoms with E-state index in [1.54, 1.807) is 14.2 Å². The van der Waals surface area contributed by atoms with Crippen molar-refractivity contribution >= 4 is 22.7 Å². The second-order valence-corrected chi connectivity index (χ2v) is 15.9. The lowest BCUT2D eigenvalue weighted by Crippen LogP contribution is -2.25. The number of carboxylic acid groups (broad SMARTS) is 1. The van der Waals surface area contributed by atoms with Gasteiger partial charge in [0.2, 0.25) is 0 Å². The lowest BCUT2D eigenvalue weighted by Gasteiger charge is -2.29. The highest BCUT2D eigenvalue weighted by atomic mass is 16.5. The Balaban J connectivity index is 1.25. The van der Waals surface area contributed by atoms with E-state index in [0.29, 0.717) is 18.9 Å². The van der Waals surface area contributed by atoms with E-state index in [1.807, 2.05) is 24.4 Å². The highest BCUT2D eigenvalue weighted by Crippen LogP contribution is 2.42. The summed E-state index contributed by atoms with van der Waals surface area (Å²) in [7, 11) is 3.36. The summed E-state index contributed by atoms with van der Waals surface area (Å²) < 4.78 is 13.3. The topological polar surface area (TPSA) is 98.5 Å². The SMILES string of the molecule is COc1ccc(CNc2nccc3c2c(C2CCCCC(C(C)CC4CCCCCCC4)CCC2)nn3[C@@H]2CCC[C@@H](C(=O)O)C2)c(OC)c1. The zero-order valence-electron chi connectivity index (χ0n) is 31.0. The van der Waals surface area contributed by atoms with E-state index in [4.69, 9.17) is 19.6 Å². The Labute approximate surface area is 300 Å². The van der Waals surface area contributed by atoms with Crippen LogP contribution in [0, 0.1) is 23.7 Å². The van der Waals surface area contributed by atoms with Crippen LogP contribution in [0.1, 0.15) is 152 Å². The fraction of sp³-hybridized carbons (Fsp3) is 0.690. The summed E-state index contributed by atoms with van der Waals surface area (Å²) in [5.41, 5.74) is 3.25. The van der Waals surface area contributed by atoms with E-state index in [-0.39, 0.29) is 12.0 Å². The van der Waals surface area contributed by atoms with Gasteiger partial charge in [-0.3, -0.25) is 9.48 Å². The number of anilines is 1. The molecule has 8 nitrogen and oxygen atoms in total. The van der Waals surface area contributed by atoms with Gasteiger partial charge in [0.15, 0.2) is 0 Å². The molecule has 274 valence electrons. The first-order valence-electron chi connectivity index (χ1n) is 20.0. The first-order chi connectivity index (χ1) is 24.4. The molecule has 2 aromatic heterocycles. The molecule has 3 aliphatic rings. The zero-order chi connectivity index (χ0) is 34.9. The van der Waals surface area contributed by atoms with Crippen LogP contribution >= 0.6 is 0 Å². The Morgan fingerprint density at radius 3 is 2.40 bits per heavy atom. The van der Waals surface area contributed by atoms with Crippen molar-refractivity contribution in [1.82, 2.24) is 14.8 Å². The van der Waals surface area contributed by atoms with Crippen LogP contribution in [0.4, 0.5) is 5.82 Å². The lowest BCUT2D eigenvalue weighted by atomic mass is 9.77. The quantitative estimate of drug-likeness (QED) is 0.207. The number of ether oxygens (including phenoxy) is 2. The number of pyridine rings is 1. The van der Waals surface area contributed by atoms with Crippen molar-refractivity contribution in [2.45, 2.75) is 147 Å². The normalized spacial score (nSPS) is 25.0. The van der Waals surface area contributed by atoms with Gasteiger partial charge >= 0.3 is 5.97 Å². The van der Waals surface area contributed by atoms with Crippen LogP contribution in [0.5, 0.6) is 11.5 Å². The van der Waals surface area contributed by atoms with Crippen LogP contribution in [0.15, 0.2) is 30.5 Å². The average Bonchev–Trinajstić information content (AvgIpc) is 3.56. The van der Waals surface area contributed by atoms with Crippen molar-refractivity contribution in [3.8, 4) is 11.5 Å². The maximum atomic E-state index is 12.1. The van der Waals surface area contributed by atoms with Gasteiger partial charge < -0.3 is 19.9 Å². The minimum Gasteiger partial charge on any atom is -0.497 e. The second-order valence-electron chi connectivity index (χ2n) is 15.9. The molecule has 2 heterocycles. The second kappa shape index (κ2) is 17.8. The predicted octanol–water partition coefficient (Wildman–Crippen LogP) is 10.7. The van der Waals surface area contributed by atoms with Crippen LogP contribution in [0.25, 0.3) is 10.9 Å². The molecule has 5 atom stereocenters. The number of methoxy groups -OCH3 is 2. The van der Waals surface area contributed by atoms with Crippen molar-refractivity contribution in [3.05, 3.63) is 41.7 Å². The number of aliphatic carboxylic acids is 1. The van der Waals surface area contributed by atoms with Gasteiger partial charge in [0.05, 0.1) is 42.8 Å². The van der Waals surface area contributed by atoms with Crippen LogP contribution in [-0.4, -0.2) is 40.1 Å². The first-order valence-corrected chi connectivity index (χ1v) is 20.0. The fourth-order valence-electron chi connectivity index (χ4n) is 9.65. The number of aromatic nitrogens is 3. The van der Waals surface area contributed by atoms with Crippen LogP contribution < -0.4 is 14.8 Å². The Bertz CT molecular complexity index is 1530. The fourth-order valence-corrected chi connectivity index (χ4v) is 9.65. The lowest BCUT2D eigenvalue weighted by molar-refractivity contribution is -0.143. The van der Waals surface area contributed by atoms with Gasteiger partial charge in [-0.2, -0.15) is 5.10 Å². The number of hydrogen-bond acceptors (Lipinski definition) is 6. The third-order valence-corrected chi connectivity index (χ3v) is 12.6. The molecule has 0 aliphatic heterocycles. The number of nitrogens with zero attached hydrogens (tertiary/aromatic N) is 3. The Hall–Kier alpha value is -3.29. The summed E-state index contributed by atoms with van der Waals surface area (Å²) in [6, 6.07) is 8.09. The summed E-state index contributed by atoms with van der Waals surface area (Å²) >= 11 is 0. The predicted molar refractivity (Wildman–Crippen MR) is 201 cm³/mol. The van der Waals surface area contributed by atoms with E-state index < -0.39 is 5.97 Å². The molecular weight excluding hydrogens is 624 g/mol. The van der Waals surface area contributed by atoms with Crippen molar-refractivity contribution < 1.29 is 19.4 Å². The molecule has 6 rings (SSSR count). The molecule has 3 aromatic rings. The zero-order valence-corrected chi connectivity index (χ0v) is 31.0. The maximum absolute atomic E-state index is 12.1. The molecule has 3 saturated carbocycles. The van der Waals surface area contributed by atoms with Gasteiger partial charge in [-0.25, -0.2) is 4.98 Å². The number of benzene rings is 1. The van der Waals surface area contributed by atoms with Gasteiger partial charge in [-0.1, -0.05) is 90.4 Å². The molecule has 0 bridgehead atoms. The number of fused-ring (bicyclic) bond motifs is 1. The summed E-state index contributed by atoms with van der Waals surface area (Å²) in [5, 5.41) is 20.1. The number of nitrogens with one attached hydrogen (secondary N) is 1. The largest absolute Gasteiger partial charge is 0.497 e. The molecular formula is C42H62N4O4. The summed E-state index contributed by atoms with van der Waals surface area (Å²) in [4.78, 5) is 17.0. The molecule has 0 saturated heterocycles. The Morgan fingerprint density at radius 1 is 0.900 bits per heavy atom. The van der Waals surface area contributed by atoms with Crippen molar-refractivity contribution in [1.29, 1.82) is 0 Å². The number of carbonyl (C=O) groups is 1. The summed E-state index contributed by atoms with van der Waals surface area (Å²) in [6.07, 6.45) is 25.3. The molecule has 0 amide bonds. The maximum Gasteiger partial charge on any atom is 0.306 e. The standard InChI is InChI=1S/C42H62N4O4/c1-29(25-30-13-7-5-4-6-8-14-30)31-15-9-10-16-32(18-11-17-31)40-39-37(46(45-40)35-20-12-19-33(26-35)42(47)48)23-24-43-41(39)44-28-34-21-22-36(49-2)27-38(34)50-3/h21-24,27,29-33,35H,4-20,25-26,28H2,1-3H3,(H,43,44)(H,47,48)/t29?,31?,32?,33-,35-/m1/s1. The average molecular weight is 687 g/mol. The molecule has 3 aliphatic carbocycles. The molecule has 3 fully saturated rings. The van der Waals surface area contributed by atoms with E-state index in [1.165, 1.54) is 83.5 Å². The van der Waals surface area contributed by atoms with E-state index in [2.05, 4.69) is 23.0 Å². The third-order valence-electron chi connectivity index (χ3n) is 12.6. The Morgan fingerprint density at radius 2 is 1.62 bits per heavy atom. The molecule has 1 aromatic carbocycles. The van der Waals surface area contributed by atoms with Crippen LogP contribution in [0.3, 0.4) is 0 Å². The van der Waals surface area contributed by atoms with Crippen LogP contribution in [0.2, 0.25) is 0 Å². The van der Waals surface area contributed by atoms with Gasteiger partial charge in [0.25, 0.3) is 0 Å². The Kier molecular flexibility index (Phi) is 13.0. The smallest absolute Gasteiger partial charge is 0.306 e. The molecule has 3 unspecified atom stereocenters.